The van der Waals surface area contributed by atoms with E-state index in [0.29, 0.717) is 13.0 Å². The molecule has 4 nitrogen and oxygen atoms in total. The molecule has 0 bridgehead atoms. The molecule has 0 aromatic carbocycles. The van der Waals surface area contributed by atoms with Gasteiger partial charge in [-0.2, -0.15) is 0 Å². The van der Waals surface area contributed by atoms with E-state index in [1.165, 1.54) is 51.4 Å². The first-order valence-corrected chi connectivity index (χ1v) is 10.1. The number of alkyl carbamates (subject to hydrolysis) is 1. The molecule has 0 aliphatic rings. The third-order valence-electron chi connectivity index (χ3n) is 3.93. The van der Waals surface area contributed by atoms with Crippen LogP contribution in [0.25, 0.3) is 0 Å². The number of hydrogen-bond donors (Lipinski definition) is 2. The second kappa shape index (κ2) is 20.8. The number of aliphatic hydroxyl groups excluding tert-OH is 1. The quantitative estimate of drug-likeness (QED) is 0.267. The molecule has 4 heteroatoms. The number of carbonyl (C=O) groups excluding carboxylic acids is 1. The van der Waals surface area contributed by atoms with Crippen LogP contribution in [0.2, 0.25) is 0 Å². The molecule has 0 spiro atoms. The summed E-state index contributed by atoms with van der Waals surface area (Å²) in [6.07, 6.45) is 22.5. The lowest BCUT2D eigenvalue weighted by atomic mass is 10.1. The highest BCUT2D eigenvalue weighted by Gasteiger charge is 1.99. The Balaban J connectivity index is 3.22. The second-order valence-electron chi connectivity index (χ2n) is 6.37. The first-order chi connectivity index (χ1) is 12.3. The zero-order chi connectivity index (χ0) is 18.4. The standard InChI is InChI=1S/C21H39NO3/c1-2-3-4-5-6-7-8-9-10-11-12-13-14-15-16-18-22-21(24)25-20-17-19-23/h6-7,9-10,23H,2-5,8,11-20H2,1H3,(H,22,24). The van der Waals surface area contributed by atoms with E-state index >= 15 is 0 Å². The van der Waals surface area contributed by atoms with Crippen molar-refractivity contribution in [3.63, 3.8) is 0 Å². The zero-order valence-corrected chi connectivity index (χ0v) is 16.2. The Labute approximate surface area is 154 Å². The fourth-order valence-electron chi connectivity index (χ4n) is 2.41. The number of nitrogens with one attached hydrogen (secondary N) is 1. The van der Waals surface area contributed by atoms with E-state index in [-0.39, 0.29) is 19.3 Å². The van der Waals surface area contributed by atoms with Crippen molar-refractivity contribution in [1.29, 1.82) is 0 Å². The molecule has 0 heterocycles. The van der Waals surface area contributed by atoms with Crippen LogP contribution in [0.4, 0.5) is 4.79 Å². The number of unbranched alkanes of at least 4 members (excludes halogenated alkanes) is 8. The fourth-order valence-corrected chi connectivity index (χ4v) is 2.41. The number of allylic oxidation sites excluding steroid dienone is 4. The van der Waals surface area contributed by atoms with Gasteiger partial charge in [0, 0.05) is 19.6 Å². The molecule has 0 saturated carbocycles. The molecular weight excluding hydrogens is 314 g/mol. The number of amides is 1. The first-order valence-electron chi connectivity index (χ1n) is 10.1. The smallest absolute Gasteiger partial charge is 0.407 e. The Morgan fingerprint density at radius 3 is 2.20 bits per heavy atom. The van der Waals surface area contributed by atoms with Crippen molar-refractivity contribution in [3.05, 3.63) is 24.3 Å². The summed E-state index contributed by atoms with van der Waals surface area (Å²) in [5.74, 6) is 0. The molecule has 0 saturated heterocycles. The Hall–Kier alpha value is -1.29. The van der Waals surface area contributed by atoms with Gasteiger partial charge >= 0.3 is 6.09 Å². The molecule has 0 fully saturated rings. The van der Waals surface area contributed by atoms with E-state index < -0.39 is 0 Å². The molecule has 0 aromatic heterocycles. The van der Waals surface area contributed by atoms with Crippen molar-refractivity contribution in [2.75, 3.05) is 19.8 Å². The van der Waals surface area contributed by atoms with Crippen molar-refractivity contribution >= 4 is 6.09 Å². The maximum Gasteiger partial charge on any atom is 0.407 e. The van der Waals surface area contributed by atoms with E-state index in [4.69, 9.17) is 9.84 Å². The summed E-state index contributed by atoms with van der Waals surface area (Å²) in [6, 6.07) is 0. The Kier molecular flexibility index (Phi) is 19.7. The lowest BCUT2D eigenvalue weighted by molar-refractivity contribution is 0.135. The number of carbonyl (C=O) groups is 1. The van der Waals surface area contributed by atoms with Crippen molar-refractivity contribution in [3.8, 4) is 0 Å². The summed E-state index contributed by atoms with van der Waals surface area (Å²) in [6.45, 7) is 3.24. The Morgan fingerprint density at radius 1 is 0.880 bits per heavy atom. The van der Waals surface area contributed by atoms with Gasteiger partial charge in [0.1, 0.15) is 0 Å². The molecule has 1 amide bonds. The molecule has 0 aromatic rings. The van der Waals surface area contributed by atoms with Crippen LogP contribution < -0.4 is 5.32 Å². The van der Waals surface area contributed by atoms with Crippen LogP contribution >= 0.6 is 0 Å². The molecule has 0 radical (unpaired) electrons. The van der Waals surface area contributed by atoms with Crippen LogP contribution in [0.15, 0.2) is 24.3 Å². The summed E-state index contributed by atoms with van der Waals surface area (Å²) in [5, 5.41) is 11.3. The average Bonchev–Trinajstić information content (AvgIpc) is 2.61. The second-order valence-corrected chi connectivity index (χ2v) is 6.37. The number of rotatable bonds is 17. The van der Waals surface area contributed by atoms with E-state index in [1.54, 1.807) is 0 Å². The van der Waals surface area contributed by atoms with Crippen LogP contribution in [0, 0.1) is 0 Å². The van der Waals surface area contributed by atoms with Crippen molar-refractivity contribution in [1.82, 2.24) is 5.32 Å². The Morgan fingerprint density at radius 2 is 1.52 bits per heavy atom. The number of ether oxygens (including phenoxy) is 1. The van der Waals surface area contributed by atoms with Gasteiger partial charge < -0.3 is 15.2 Å². The lowest BCUT2D eigenvalue weighted by Crippen LogP contribution is -2.25. The van der Waals surface area contributed by atoms with Gasteiger partial charge in [-0.3, -0.25) is 0 Å². The highest BCUT2D eigenvalue weighted by atomic mass is 16.5. The molecule has 0 unspecified atom stereocenters. The van der Waals surface area contributed by atoms with Crippen LogP contribution in [-0.2, 0) is 4.74 Å². The molecule has 25 heavy (non-hydrogen) atoms. The van der Waals surface area contributed by atoms with E-state index in [9.17, 15) is 4.79 Å². The van der Waals surface area contributed by atoms with Crippen molar-refractivity contribution in [2.45, 2.75) is 84.0 Å². The SMILES string of the molecule is CCCCCC=CCC=CCCCCCCCNC(=O)OCCCO. The highest BCUT2D eigenvalue weighted by molar-refractivity contribution is 5.66. The van der Waals surface area contributed by atoms with Crippen LogP contribution in [0.5, 0.6) is 0 Å². The van der Waals surface area contributed by atoms with E-state index in [2.05, 4.69) is 36.5 Å². The molecule has 0 rings (SSSR count). The summed E-state index contributed by atoms with van der Waals surface area (Å²) < 4.78 is 4.88. The third-order valence-corrected chi connectivity index (χ3v) is 3.93. The maximum atomic E-state index is 11.2. The fraction of sp³-hybridized carbons (Fsp3) is 0.762. The van der Waals surface area contributed by atoms with E-state index in [1.807, 2.05) is 0 Å². The molecule has 146 valence electrons. The van der Waals surface area contributed by atoms with Gasteiger partial charge in [0.25, 0.3) is 0 Å². The topological polar surface area (TPSA) is 58.6 Å². The summed E-state index contributed by atoms with van der Waals surface area (Å²) in [7, 11) is 0. The number of aliphatic hydroxyl groups is 1. The number of hydrogen-bond acceptors (Lipinski definition) is 3. The predicted octanol–water partition coefficient (Wildman–Crippen LogP) is 5.52. The minimum absolute atomic E-state index is 0.0538. The van der Waals surface area contributed by atoms with Crippen molar-refractivity contribution < 1.29 is 14.6 Å². The van der Waals surface area contributed by atoms with Gasteiger partial charge in [0.15, 0.2) is 0 Å². The maximum absolute atomic E-state index is 11.2. The zero-order valence-electron chi connectivity index (χ0n) is 16.2. The molecule has 0 aliphatic heterocycles. The van der Waals surface area contributed by atoms with Gasteiger partial charge in [0.2, 0.25) is 0 Å². The highest BCUT2D eigenvalue weighted by Crippen LogP contribution is 2.06. The van der Waals surface area contributed by atoms with Crippen LogP contribution in [-0.4, -0.2) is 31.0 Å². The molecule has 2 N–H and O–H groups in total. The monoisotopic (exact) mass is 353 g/mol. The molecular formula is C21H39NO3. The van der Waals surface area contributed by atoms with Gasteiger partial charge in [-0.15, -0.1) is 0 Å². The van der Waals surface area contributed by atoms with Crippen LogP contribution in [0.3, 0.4) is 0 Å². The molecule has 0 aliphatic carbocycles. The van der Waals surface area contributed by atoms with Crippen molar-refractivity contribution in [2.24, 2.45) is 0 Å². The summed E-state index contributed by atoms with van der Waals surface area (Å²) in [5.41, 5.74) is 0. The predicted molar refractivity (Wildman–Crippen MR) is 106 cm³/mol. The molecule has 0 atom stereocenters. The van der Waals surface area contributed by atoms with Gasteiger partial charge in [0.05, 0.1) is 6.61 Å². The van der Waals surface area contributed by atoms with Crippen LogP contribution in [0.1, 0.15) is 84.0 Å². The van der Waals surface area contributed by atoms with Gasteiger partial charge in [-0.1, -0.05) is 63.3 Å². The van der Waals surface area contributed by atoms with Gasteiger partial charge in [-0.05, 0) is 38.5 Å². The minimum Gasteiger partial charge on any atom is -0.449 e. The lowest BCUT2D eigenvalue weighted by Gasteiger charge is -2.06. The third kappa shape index (κ3) is 20.7. The first kappa shape index (κ1) is 23.7. The minimum atomic E-state index is -0.377. The van der Waals surface area contributed by atoms with Gasteiger partial charge in [-0.25, -0.2) is 4.79 Å². The van der Waals surface area contributed by atoms with E-state index in [0.717, 1.165) is 19.3 Å². The summed E-state index contributed by atoms with van der Waals surface area (Å²) >= 11 is 0. The Bertz CT molecular complexity index is 340. The largest absolute Gasteiger partial charge is 0.449 e. The average molecular weight is 354 g/mol. The summed E-state index contributed by atoms with van der Waals surface area (Å²) in [4.78, 5) is 11.2. The normalized spacial score (nSPS) is 11.4.